The summed E-state index contributed by atoms with van der Waals surface area (Å²) in [6.45, 7) is 0.231. The van der Waals surface area contributed by atoms with E-state index in [0.29, 0.717) is 17.9 Å². The molecule has 0 bridgehead atoms. The van der Waals surface area contributed by atoms with Gasteiger partial charge in [-0.3, -0.25) is 9.80 Å². The molecule has 0 spiro atoms. The van der Waals surface area contributed by atoms with E-state index in [2.05, 4.69) is 0 Å². The molecule has 17 heavy (non-hydrogen) atoms. The van der Waals surface area contributed by atoms with Crippen molar-refractivity contribution in [2.75, 3.05) is 13.8 Å². The highest BCUT2D eigenvalue weighted by Crippen LogP contribution is 2.32. The van der Waals surface area contributed by atoms with E-state index in [4.69, 9.17) is 21.1 Å². The molecule has 1 aliphatic heterocycles. The first-order chi connectivity index (χ1) is 8.08. The lowest BCUT2D eigenvalue weighted by Gasteiger charge is -2.16. The molecular weight excluding hydrogens is 222 g/mol. The molecule has 4 N–H and O–H groups in total. The van der Waals surface area contributed by atoms with Gasteiger partial charge in [0, 0.05) is 7.05 Å². The van der Waals surface area contributed by atoms with E-state index in [1.54, 1.807) is 6.07 Å². The third-order valence-corrected chi connectivity index (χ3v) is 2.56. The second kappa shape index (κ2) is 4.60. The summed E-state index contributed by atoms with van der Waals surface area (Å²) >= 11 is 0. The minimum atomic E-state index is -0.648. The van der Waals surface area contributed by atoms with Crippen LogP contribution in [0.5, 0.6) is 11.5 Å². The Hall–Kier alpha value is -1.79. The van der Waals surface area contributed by atoms with Crippen molar-refractivity contribution < 1.29 is 14.3 Å². The molecule has 1 heterocycles. The van der Waals surface area contributed by atoms with E-state index in [1.165, 1.54) is 7.05 Å². The molecule has 1 unspecified atom stereocenters. The molecule has 2 rings (SSSR count). The highest BCUT2D eigenvalue weighted by atomic mass is 16.7. The summed E-state index contributed by atoms with van der Waals surface area (Å²) in [7, 11) is 1.47. The summed E-state index contributed by atoms with van der Waals surface area (Å²) in [5, 5.41) is 0.998. The summed E-state index contributed by atoms with van der Waals surface area (Å²) in [5.41, 5.74) is 6.67. The largest absolute Gasteiger partial charge is 0.454 e. The standard InChI is InChI=1S/C11H15N3O3/c1-14(13)11(15)8(12)4-7-2-3-9-10(5-7)17-6-16-9/h2-3,5,8H,4,6,12-13H2,1H3. The van der Waals surface area contributed by atoms with E-state index >= 15 is 0 Å². The molecule has 1 aliphatic rings. The molecule has 0 saturated heterocycles. The lowest BCUT2D eigenvalue weighted by molar-refractivity contribution is -0.131. The maximum Gasteiger partial charge on any atom is 0.253 e. The molecule has 1 amide bonds. The van der Waals surface area contributed by atoms with Gasteiger partial charge in [-0.15, -0.1) is 0 Å². The van der Waals surface area contributed by atoms with Crippen LogP contribution in [0, 0.1) is 0 Å². The SMILES string of the molecule is CN(N)C(=O)C(N)Cc1ccc2c(c1)OCO2. The number of carbonyl (C=O) groups excluding carboxylic acids is 1. The molecule has 6 heteroatoms. The molecule has 6 nitrogen and oxygen atoms in total. The molecule has 0 fully saturated rings. The summed E-state index contributed by atoms with van der Waals surface area (Å²) < 4.78 is 10.4. The Morgan fingerprint density at radius 3 is 2.88 bits per heavy atom. The number of fused-ring (bicyclic) bond motifs is 1. The zero-order valence-electron chi connectivity index (χ0n) is 9.55. The Kier molecular flexibility index (Phi) is 3.16. The van der Waals surface area contributed by atoms with Crippen LogP contribution in [0.15, 0.2) is 18.2 Å². The van der Waals surface area contributed by atoms with Gasteiger partial charge in [0.05, 0.1) is 6.04 Å². The monoisotopic (exact) mass is 237 g/mol. The van der Waals surface area contributed by atoms with Gasteiger partial charge in [-0.1, -0.05) is 6.07 Å². The number of benzene rings is 1. The lowest BCUT2D eigenvalue weighted by atomic mass is 10.1. The van der Waals surface area contributed by atoms with Crippen molar-refractivity contribution in [3.8, 4) is 11.5 Å². The van der Waals surface area contributed by atoms with Gasteiger partial charge in [-0.05, 0) is 24.1 Å². The highest BCUT2D eigenvalue weighted by molar-refractivity contribution is 5.81. The average molecular weight is 237 g/mol. The number of hydrogen-bond acceptors (Lipinski definition) is 5. The Morgan fingerprint density at radius 1 is 1.47 bits per heavy atom. The number of likely N-dealkylation sites (N-methyl/N-ethyl adjacent to an activating group) is 1. The molecule has 0 aliphatic carbocycles. The Balaban J connectivity index is 2.06. The fourth-order valence-electron chi connectivity index (χ4n) is 1.67. The smallest absolute Gasteiger partial charge is 0.253 e. The number of nitrogens with two attached hydrogens (primary N) is 2. The van der Waals surface area contributed by atoms with Crippen LogP contribution in [0.1, 0.15) is 5.56 Å². The fourth-order valence-corrected chi connectivity index (χ4v) is 1.67. The number of amides is 1. The Bertz CT molecular complexity index is 434. The van der Waals surface area contributed by atoms with Crippen LogP contribution in [0.4, 0.5) is 0 Å². The first-order valence-corrected chi connectivity index (χ1v) is 5.24. The van der Waals surface area contributed by atoms with Gasteiger partial charge in [-0.25, -0.2) is 5.84 Å². The number of ether oxygens (including phenoxy) is 2. The van der Waals surface area contributed by atoms with Crippen molar-refractivity contribution in [3.63, 3.8) is 0 Å². The van der Waals surface area contributed by atoms with Crippen molar-refractivity contribution in [2.24, 2.45) is 11.6 Å². The molecule has 0 aromatic heterocycles. The number of nitrogens with zero attached hydrogens (tertiary/aromatic N) is 1. The first kappa shape index (κ1) is 11.7. The molecule has 0 radical (unpaired) electrons. The third-order valence-electron chi connectivity index (χ3n) is 2.56. The van der Waals surface area contributed by atoms with E-state index < -0.39 is 6.04 Å². The zero-order chi connectivity index (χ0) is 12.4. The predicted octanol–water partition coefficient (Wildman–Crippen LogP) is -0.383. The maximum absolute atomic E-state index is 11.5. The molecule has 1 atom stereocenters. The van der Waals surface area contributed by atoms with Crippen molar-refractivity contribution in [1.82, 2.24) is 5.01 Å². The van der Waals surface area contributed by atoms with Crippen molar-refractivity contribution >= 4 is 5.91 Å². The summed E-state index contributed by atoms with van der Waals surface area (Å²) in [6.07, 6.45) is 0.414. The number of hydrogen-bond donors (Lipinski definition) is 2. The molecule has 1 aromatic carbocycles. The number of hydrazine groups is 1. The van der Waals surface area contributed by atoms with Crippen LogP contribution in [-0.2, 0) is 11.2 Å². The van der Waals surface area contributed by atoms with Crippen molar-refractivity contribution in [2.45, 2.75) is 12.5 Å². The Labute approximate surface area is 99.0 Å². The topological polar surface area (TPSA) is 90.8 Å². The van der Waals surface area contributed by atoms with E-state index in [9.17, 15) is 4.79 Å². The highest BCUT2D eigenvalue weighted by Gasteiger charge is 2.18. The van der Waals surface area contributed by atoms with Crippen LogP contribution < -0.4 is 21.1 Å². The van der Waals surface area contributed by atoms with Crippen molar-refractivity contribution in [1.29, 1.82) is 0 Å². The van der Waals surface area contributed by atoms with Gasteiger partial charge in [0.1, 0.15) is 0 Å². The average Bonchev–Trinajstić information content (AvgIpc) is 2.74. The van der Waals surface area contributed by atoms with Gasteiger partial charge >= 0.3 is 0 Å². The first-order valence-electron chi connectivity index (χ1n) is 5.24. The van der Waals surface area contributed by atoms with Gasteiger partial charge in [0.15, 0.2) is 11.5 Å². The molecular formula is C11H15N3O3. The van der Waals surface area contributed by atoms with Gasteiger partial charge in [0.25, 0.3) is 5.91 Å². The van der Waals surface area contributed by atoms with Crippen molar-refractivity contribution in [3.05, 3.63) is 23.8 Å². The summed E-state index contributed by atoms with van der Waals surface area (Å²) in [4.78, 5) is 11.5. The van der Waals surface area contributed by atoms with Crippen LogP contribution in [-0.4, -0.2) is 30.8 Å². The second-order valence-corrected chi connectivity index (χ2v) is 3.95. The molecule has 1 aromatic rings. The summed E-state index contributed by atoms with van der Waals surface area (Å²) in [6, 6.07) is 4.84. The third kappa shape index (κ3) is 2.48. The van der Waals surface area contributed by atoms with Crippen LogP contribution in [0.25, 0.3) is 0 Å². The molecule has 0 saturated carbocycles. The predicted molar refractivity (Wildman–Crippen MR) is 61.2 cm³/mol. The van der Waals surface area contributed by atoms with Crippen LogP contribution in [0.2, 0.25) is 0 Å². The quantitative estimate of drug-likeness (QED) is 0.425. The number of carbonyl (C=O) groups is 1. The second-order valence-electron chi connectivity index (χ2n) is 3.95. The van der Waals surface area contributed by atoms with Gasteiger partial charge in [0.2, 0.25) is 6.79 Å². The summed E-state index contributed by atoms with van der Waals surface area (Å²) in [5.74, 6) is 6.43. The normalized spacial score (nSPS) is 14.5. The van der Waals surface area contributed by atoms with E-state index in [-0.39, 0.29) is 12.7 Å². The molecule has 92 valence electrons. The zero-order valence-corrected chi connectivity index (χ0v) is 9.55. The Morgan fingerprint density at radius 2 is 2.18 bits per heavy atom. The van der Waals surface area contributed by atoms with Gasteiger partial charge < -0.3 is 15.2 Å². The fraction of sp³-hybridized carbons (Fsp3) is 0.364. The van der Waals surface area contributed by atoms with Crippen LogP contribution >= 0.6 is 0 Å². The minimum Gasteiger partial charge on any atom is -0.454 e. The maximum atomic E-state index is 11.5. The van der Waals surface area contributed by atoms with Gasteiger partial charge in [-0.2, -0.15) is 0 Å². The number of rotatable bonds is 3. The van der Waals surface area contributed by atoms with E-state index in [0.717, 1.165) is 10.6 Å². The minimum absolute atomic E-state index is 0.231. The van der Waals surface area contributed by atoms with E-state index in [1.807, 2.05) is 12.1 Å². The van der Waals surface area contributed by atoms with Crippen LogP contribution in [0.3, 0.4) is 0 Å². The lowest BCUT2D eigenvalue weighted by Crippen LogP contribution is -2.46.